The summed E-state index contributed by atoms with van der Waals surface area (Å²) in [6, 6.07) is 17.4. The van der Waals surface area contributed by atoms with Crippen LogP contribution in [0.4, 0.5) is 17.1 Å². The van der Waals surface area contributed by atoms with E-state index in [1.165, 1.54) is 37.6 Å². The van der Waals surface area contributed by atoms with Gasteiger partial charge in [-0.3, -0.25) is 20.3 Å². The van der Waals surface area contributed by atoms with Gasteiger partial charge in [-0.05, 0) is 60.4 Å². The zero-order chi connectivity index (χ0) is 23.1. The molecule has 0 aliphatic carbocycles. The first-order chi connectivity index (χ1) is 15.3. The molecule has 3 rings (SSSR count). The first-order valence-electron chi connectivity index (χ1n) is 9.21. The Morgan fingerprint density at radius 3 is 2.34 bits per heavy atom. The van der Waals surface area contributed by atoms with E-state index in [-0.39, 0.29) is 10.6 Å². The number of benzene rings is 3. The first-order valence-corrected chi connectivity index (χ1v) is 11.9. The second kappa shape index (κ2) is 10.2. The van der Waals surface area contributed by atoms with Crippen LogP contribution in [0.5, 0.6) is 5.75 Å². The molecule has 11 heteroatoms. The number of anilines is 2. The summed E-state index contributed by atoms with van der Waals surface area (Å²) in [4.78, 5) is 11.7. The van der Waals surface area contributed by atoms with Crippen molar-refractivity contribution in [1.82, 2.24) is 0 Å². The van der Waals surface area contributed by atoms with Crippen molar-refractivity contribution in [3.63, 3.8) is 0 Å². The number of nitro groups is 1. The molecule has 3 aromatic rings. The van der Waals surface area contributed by atoms with Crippen LogP contribution in [-0.4, -0.2) is 32.9 Å². The molecular formula is C21H20N4O5S2. The third kappa shape index (κ3) is 5.77. The molecule has 2 N–H and O–H groups in total. The Kier molecular flexibility index (Phi) is 7.33. The molecule has 0 bridgehead atoms. The molecule has 0 heterocycles. The summed E-state index contributed by atoms with van der Waals surface area (Å²) in [6.45, 7) is 0. The van der Waals surface area contributed by atoms with Crippen LogP contribution in [0.2, 0.25) is 0 Å². The van der Waals surface area contributed by atoms with E-state index in [4.69, 9.17) is 4.74 Å². The van der Waals surface area contributed by atoms with Gasteiger partial charge in [-0.1, -0.05) is 12.1 Å². The molecule has 0 atom stereocenters. The zero-order valence-electron chi connectivity index (χ0n) is 17.2. The Morgan fingerprint density at radius 1 is 1.06 bits per heavy atom. The summed E-state index contributed by atoms with van der Waals surface area (Å²) in [5.74, 6) is 0.569. The van der Waals surface area contributed by atoms with Crippen LogP contribution >= 0.6 is 11.8 Å². The molecule has 0 saturated heterocycles. The van der Waals surface area contributed by atoms with Crippen molar-refractivity contribution in [3.8, 4) is 5.75 Å². The van der Waals surface area contributed by atoms with Gasteiger partial charge in [-0.15, -0.1) is 11.8 Å². The predicted molar refractivity (Wildman–Crippen MR) is 126 cm³/mol. The summed E-state index contributed by atoms with van der Waals surface area (Å²) in [7, 11) is -2.54. The Balaban J connectivity index is 1.79. The molecular weight excluding hydrogens is 452 g/mol. The van der Waals surface area contributed by atoms with Crippen LogP contribution in [0.25, 0.3) is 0 Å². The van der Waals surface area contributed by atoms with E-state index < -0.39 is 20.6 Å². The van der Waals surface area contributed by atoms with Gasteiger partial charge < -0.3 is 4.74 Å². The topological polar surface area (TPSA) is 123 Å². The van der Waals surface area contributed by atoms with Crippen molar-refractivity contribution in [2.24, 2.45) is 5.10 Å². The standard InChI is InChI=1S/C21H20N4O5S2/c1-30-17-7-5-16(6-8-17)24-32(28,29)19-11-12-20(21(13-19)25(26)27)23-22-14-15-3-9-18(31-2)10-4-15/h3-14,23-24H,1-2H3. The predicted octanol–water partition coefficient (Wildman–Crippen LogP) is 4.57. The molecule has 9 nitrogen and oxygen atoms in total. The van der Waals surface area contributed by atoms with Gasteiger partial charge in [0, 0.05) is 16.6 Å². The maximum Gasteiger partial charge on any atom is 0.295 e. The van der Waals surface area contributed by atoms with E-state index in [1.807, 2.05) is 30.5 Å². The van der Waals surface area contributed by atoms with Gasteiger partial charge >= 0.3 is 0 Å². The number of methoxy groups -OCH3 is 1. The van der Waals surface area contributed by atoms with Gasteiger partial charge in [0.25, 0.3) is 15.7 Å². The number of nitro benzene ring substituents is 1. The number of hydrazone groups is 1. The Hall–Kier alpha value is -3.57. The third-order valence-electron chi connectivity index (χ3n) is 4.33. The van der Waals surface area contributed by atoms with E-state index in [1.54, 1.807) is 23.9 Å². The Morgan fingerprint density at radius 2 is 1.75 bits per heavy atom. The van der Waals surface area contributed by atoms with Crippen molar-refractivity contribution in [1.29, 1.82) is 0 Å². The number of sulfonamides is 1. The van der Waals surface area contributed by atoms with Crippen LogP contribution in [0.1, 0.15) is 5.56 Å². The quantitative estimate of drug-likeness (QED) is 0.202. The van der Waals surface area contributed by atoms with Crippen molar-refractivity contribution in [2.45, 2.75) is 9.79 Å². The number of nitrogens with zero attached hydrogens (tertiary/aromatic N) is 2. The number of hydrogen-bond acceptors (Lipinski definition) is 8. The molecule has 0 aromatic heterocycles. The van der Waals surface area contributed by atoms with Crippen molar-refractivity contribution >= 4 is 45.1 Å². The van der Waals surface area contributed by atoms with Crippen LogP contribution in [0.15, 0.2) is 81.6 Å². The average Bonchev–Trinajstić information content (AvgIpc) is 2.79. The highest BCUT2D eigenvalue weighted by Gasteiger charge is 2.21. The number of hydrogen-bond donors (Lipinski definition) is 2. The van der Waals surface area contributed by atoms with Gasteiger partial charge in [0.1, 0.15) is 11.4 Å². The van der Waals surface area contributed by atoms with Crippen molar-refractivity contribution in [3.05, 3.63) is 82.4 Å². The van der Waals surface area contributed by atoms with Gasteiger partial charge in [0.15, 0.2) is 0 Å². The molecule has 0 amide bonds. The highest BCUT2D eigenvalue weighted by atomic mass is 32.2. The molecule has 166 valence electrons. The summed E-state index contributed by atoms with van der Waals surface area (Å²) in [5, 5.41) is 15.5. The maximum absolute atomic E-state index is 12.7. The summed E-state index contributed by atoms with van der Waals surface area (Å²) in [5.41, 5.74) is 3.36. The smallest absolute Gasteiger partial charge is 0.295 e. The largest absolute Gasteiger partial charge is 0.497 e. The van der Waals surface area contributed by atoms with Gasteiger partial charge in [0.05, 0.1) is 23.1 Å². The Labute approximate surface area is 189 Å². The molecule has 0 unspecified atom stereocenters. The molecule has 3 aromatic carbocycles. The SMILES string of the molecule is COc1ccc(NS(=O)(=O)c2ccc(NN=Cc3ccc(SC)cc3)c([N+](=O)[O-])c2)cc1. The monoisotopic (exact) mass is 472 g/mol. The zero-order valence-corrected chi connectivity index (χ0v) is 18.8. The second-order valence-electron chi connectivity index (χ2n) is 6.41. The van der Waals surface area contributed by atoms with Gasteiger partial charge in [-0.2, -0.15) is 5.10 Å². The number of thioether (sulfide) groups is 1. The highest BCUT2D eigenvalue weighted by molar-refractivity contribution is 7.98. The van der Waals surface area contributed by atoms with E-state index in [0.717, 1.165) is 16.5 Å². The summed E-state index contributed by atoms with van der Waals surface area (Å²) >= 11 is 1.61. The van der Waals surface area contributed by atoms with Crippen molar-refractivity contribution < 1.29 is 18.1 Å². The van der Waals surface area contributed by atoms with Gasteiger partial charge in [-0.25, -0.2) is 8.42 Å². The average molecular weight is 473 g/mol. The lowest BCUT2D eigenvalue weighted by molar-refractivity contribution is -0.384. The van der Waals surface area contributed by atoms with Crippen molar-refractivity contribution in [2.75, 3.05) is 23.5 Å². The fourth-order valence-corrected chi connectivity index (χ4v) is 4.15. The van der Waals surface area contributed by atoms with E-state index in [2.05, 4.69) is 15.2 Å². The van der Waals surface area contributed by atoms with Crippen LogP contribution in [0.3, 0.4) is 0 Å². The Bertz CT molecular complexity index is 1230. The van der Waals surface area contributed by atoms with Crippen LogP contribution in [0, 0.1) is 10.1 Å². The van der Waals surface area contributed by atoms with E-state index >= 15 is 0 Å². The summed E-state index contributed by atoms with van der Waals surface area (Å²) in [6.07, 6.45) is 3.49. The third-order valence-corrected chi connectivity index (χ3v) is 6.46. The maximum atomic E-state index is 12.7. The fraction of sp³-hybridized carbons (Fsp3) is 0.0952. The van der Waals surface area contributed by atoms with E-state index in [9.17, 15) is 18.5 Å². The minimum Gasteiger partial charge on any atom is -0.497 e. The second-order valence-corrected chi connectivity index (χ2v) is 8.98. The molecule has 32 heavy (non-hydrogen) atoms. The normalized spacial score (nSPS) is 11.3. The number of nitrogens with one attached hydrogen (secondary N) is 2. The van der Waals surface area contributed by atoms with Gasteiger partial charge in [0.2, 0.25) is 0 Å². The molecule has 0 aliphatic rings. The van der Waals surface area contributed by atoms with Crippen LogP contribution in [-0.2, 0) is 10.0 Å². The molecule has 0 fully saturated rings. The minimum atomic E-state index is -4.04. The molecule has 0 radical (unpaired) electrons. The first kappa shape index (κ1) is 23.1. The minimum absolute atomic E-state index is 0.0652. The molecule has 0 aliphatic heterocycles. The molecule has 0 saturated carbocycles. The fourth-order valence-electron chi connectivity index (χ4n) is 2.66. The van der Waals surface area contributed by atoms with E-state index in [0.29, 0.717) is 11.4 Å². The number of ether oxygens (including phenoxy) is 1. The lowest BCUT2D eigenvalue weighted by Crippen LogP contribution is -2.13. The number of rotatable bonds is 9. The molecule has 0 spiro atoms. The highest BCUT2D eigenvalue weighted by Crippen LogP contribution is 2.29. The lowest BCUT2D eigenvalue weighted by atomic mass is 10.2. The lowest BCUT2D eigenvalue weighted by Gasteiger charge is -2.10. The van der Waals surface area contributed by atoms with Crippen LogP contribution < -0.4 is 14.9 Å². The summed E-state index contributed by atoms with van der Waals surface area (Å²) < 4.78 is 32.8.